The maximum atomic E-state index is 13.2. The van der Waals surface area contributed by atoms with Gasteiger partial charge in [0.25, 0.3) is 0 Å². The number of nitrogens with two attached hydrogens (primary N) is 1. The summed E-state index contributed by atoms with van der Waals surface area (Å²) >= 11 is 3.41. The fourth-order valence-corrected chi connectivity index (χ4v) is 2.01. The fraction of sp³-hybridized carbons (Fsp3) is 0.143. The van der Waals surface area contributed by atoms with E-state index in [1.807, 2.05) is 24.3 Å². The van der Waals surface area contributed by atoms with Crippen molar-refractivity contribution in [1.82, 2.24) is 0 Å². The van der Waals surface area contributed by atoms with E-state index in [2.05, 4.69) is 15.9 Å². The van der Waals surface area contributed by atoms with Gasteiger partial charge in [0.2, 0.25) is 0 Å². The predicted octanol–water partition coefficient (Wildman–Crippen LogP) is 3.88. The van der Waals surface area contributed by atoms with Gasteiger partial charge in [0, 0.05) is 0 Å². The van der Waals surface area contributed by atoms with Crippen LogP contribution in [0.25, 0.3) is 0 Å². The average molecular weight is 310 g/mol. The Balaban J connectivity index is 2.31. The van der Waals surface area contributed by atoms with E-state index < -0.39 is 0 Å². The zero-order valence-electron chi connectivity index (χ0n) is 9.70. The molecule has 0 aromatic heterocycles. The van der Waals surface area contributed by atoms with Crippen LogP contribution in [0.2, 0.25) is 0 Å². The fourth-order valence-electron chi connectivity index (χ4n) is 1.64. The van der Waals surface area contributed by atoms with Crippen LogP contribution in [0.15, 0.2) is 46.9 Å². The largest absolute Gasteiger partial charge is 0.456 e. The Hall–Kier alpha value is -1.39. The van der Waals surface area contributed by atoms with Crippen LogP contribution >= 0.6 is 15.9 Å². The lowest BCUT2D eigenvalue weighted by Gasteiger charge is -2.11. The average Bonchev–Trinajstić information content (AvgIpc) is 2.35. The minimum absolute atomic E-state index is 0.280. The molecule has 0 spiro atoms. The van der Waals surface area contributed by atoms with Gasteiger partial charge in [-0.15, -0.1) is 0 Å². The van der Waals surface area contributed by atoms with Crippen molar-refractivity contribution >= 4 is 15.9 Å². The molecule has 0 saturated heterocycles. The number of ether oxygens (including phenoxy) is 1. The van der Waals surface area contributed by atoms with Crippen molar-refractivity contribution in [2.45, 2.75) is 6.42 Å². The molecular formula is C14H13BrFNO. The first-order valence-electron chi connectivity index (χ1n) is 5.61. The Labute approximate surface area is 114 Å². The SMILES string of the molecule is NCCc1cc(F)ccc1Oc1ccccc1Br. The van der Waals surface area contributed by atoms with Gasteiger partial charge in [-0.25, -0.2) is 4.39 Å². The molecule has 0 saturated carbocycles. The number of rotatable bonds is 4. The molecule has 0 atom stereocenters. The van der Waals surface area contributed by atoms with Gasteiger partial charge < -0.3 is 10.5 Å². The Bertz CT molecular complexity index is 545. The maximum Gasteiger partial charge on any atom is 0.141 e. The van der Waals surface area contributed by atoms with Crippen molar-refractivity contribution in [2.24, 2.45) is 5.73 Å². The van der Waals surface area contributed by atoms with Crippen LogP contribution in [0.5, 0.6) is 11.5 Å². The molecule has 2 N–H and O–H groups in total. The zero-order chi connectivity index (χ0) is 13.0. The Morgan fingerprint density at radius 2 is 1.89 bits per heavy atom. The molecule has 2 aromatic rings. The molecule has 2 nitrogen and oxygen atoms in total. The van der Waals surface area contributed by atoms with E-state index in [1.165, 1.54) is 12.1 Å². The van der Waals surface area contributed by atoms with Crippen molar-refractivity contribution in [3.63, 3.8) is 0 Å². The van der Waals surface area contributed by atoms with Crippen LogP contribution in [0.3, 0.4) is 0 Å². The molecule has 0 aliphatic carbocycles. The molecule has 18 heavy (non-hydrogen) atoms. The highest BCUT2D eigenvalue weighted by Crippen LogP contribution is 2.31. The van der Waals surface area contributed by atoms with Gasteiger partial charge in [-0.1, -0.05) is 12.1 Å². The van der Waals surface area contributed by atoms with Crippen molar-refractivity contribution in [1.29, 1.82) is 0 Å². The van der Waals surface area contributed by atoms with Crippen LogP contribution in [-0.2, 0) is 6.42 Å². The van der Waals surface area contributed by atoms with E-state index in [1.54, 1.807) is 6.07 Å². The summed E-state index contributed by atoms with van der Waals surface area (Å²) in [6.45, 7) is 0.454. The van der Waals surface area contributed by atoms with Crippen molar-refractivity contribution < 1.29 is 9.13 Å². The second kappa shape index (κ2) is 5.98. The van der Waals surface area contributed by atoms with Crippen LogP contribution in [0.4, 0.5) is 4.39 Å². The van der Waals surface area contributed by atoms with E-state index in [-0.39, 0.29) is 5.82 Å². The van der Waals surface area contributed by atoms with Crippen LogP contribution < -0.4 is 10.5 Å². The highest BCUT2D eigenvalue weighted by Gasteiger charge is 2.08. The van der Waals surface area contributed by atoms with Gasteiger partial charge in [-0.3, -0.25) is 0 Å². The van der Waals surface area contributed by atoms with Gasteiger partial charge in [-0.2, -0.15) is 0 Å². The summed E-state index contributed by atoms with van der Waals surface area (Å²) < 4.78 is 19.8. The van der Waals surface area contributed by atoms with Crippen LogP contribution in [0, 0.1) is 5.82 Å². The number of para-hydroxylation sites is 1. The van der Waals surface area contributed by atoms with Gasteiger partial charge in [0.15, 0.2) is 0 Å². The molecule has 0 amide bonds. The lowest BCUT2D eigenvalue weighted by atomic mass is 10.1. The standard InChI is InChI=1S/C14H13BrFNO/c15-12-3-1-2-4-14(12)18-13-6-5-11(16)9-10(13)7-8-17/h1-6,9H,7-8,17H2. The van der Waals surface area contributed by atoms with E-state index in [4.69, 9.17) is 10.5 Å². The molecule has 0 aliphatic rings. The number of benzene rings is 2. The first-order valence-corrected chi connectivity index (χ1v) is 6.41. The summed E-state index contributed by atoms with van der Waals surface area (Å²) in [4.78, 5) is 0. The summed E-state index contributed by atoms with van der Waals surface area (Å²) in [5, 5.41) is 0. The van der Waals surface area contributed by atoms with Crippen molar-refractivity contribution in [3.05, 3.63) is 58.3 Å². The van der Waals surface area contributed by atoms with Crippen LogP contribution in [0.1, 0.15) is 5.56 Å². The number of hydrogen-bond acceptors (Lipinski definition) is 2. The highest BCUT2D eigenvalue weighted by atomic mass is 79.9. The molecule has 0 aliphatic heterocycles. The summed E-state index contributed by atoms with van der Waals surface area (Å²) in [6, 6.07) is 12.0. The van der Waals surface area contributed by atoms with E-state index in [9.17, 15) is 4.39 Å². The second-order valence-electron chi connectivity index (χ2n) is 3.82. The summed E-state index contributed by atoms with van der Waals surface area (Å²) in [5.74, 6) is 1.05. The van der Waals surface area contributed by atoms with E-state index in [0.717, 1.165) is 10.0 Å². The second-order valence-corrected chi connectivity index (χ2v) is 4.68. The van der Waals surface area contributed by atoms with Gasteiger partial charge in [-0.05, 0) is 64.8 Å². The first-order chi connectivity index (χ1) is 8.70. The quantitative estimate of drug-likeness (QED) is 0.930. The van der Waals surface area contributed by atoms with Gasteiger partial charge in [0.05, 0.1) is 4.47 Å². The molecule has 0 bridgehead atoms. The Morgan fingerprint density at radius 3 is 2.61 bits per heavy atom. The normalized spacial score (nSPS) is 10.4. The molecule has 0 fully saturated rings. The summed E-state index contributed by atoms with van der Waals surface area (Å²) in [6.07, 6.45) is 0.581. The minimum Gasteiger partial charge on any atom is -0.456 e. The van der Waals surface area contributed by atoms with Crippen LogP contribution in [-0.4, -0.2) is 6.54 Å². The first kappa shape index (κ1) is 13.1. The number of hydrogen-bond donors (Lipinski definition) is 1. The smallest absolute Gasteiger partial charge is 0.141 e. The van der Waals surface area contributed by atoms with E-state index in [0.29, 0.717) is 24.5 Å². The third kappa shape index (κ3) is 3.09. The summed E-state index contributed by atoms with van der Waals surface area (Å²) in [7, 11) is 0. The lowest BCUT2D eigenvalue weighted by molar-refractivity contribution is 0.471. The van der Waals surface area contributed by atoms with Gasteiger partial charge >= 0.3 is 0 Å². The molecule has 0 heterocycles. The maximum absolute atomic E-state index is 13.2. The molecule has 0 radical (unpaired) electrons. The Kier molecular flexibility index (Phi) is 4.33. The zero-order valence-corrected chi connectivity index (χ0v) is 11.3. The molecular weight excluding hydrogens is 297 g/mol. The summed E-state index contributed by atoms with van der Waals surface area (Å²) in [5.41, 5.74) is 6.29. The Morgan fingerprint density at radius 1 is 1.11 bits per heavy atom. The number of halogens is 2. The van der Waals surface area contributed by atoms with Crippen molar-refractivity contribution in [3.8, 4) is 11.5 Å². The molecule has 94 valence electrons. The topological polar surface area (TPSA) is 35.2 Å². The highest BCUT2D eigenvalue weighted by molar-refractivity contribution is 9.10. The monoisotopic (exact) mass is 309 g/mol. The van der Waals surface area contributed by atoms with E-state index >= 15 is 0 Å². The third-order valence-electron chi connectivity index (χ3n) is 2.49. The predicted molar refractivity (Wildman–Crippen MR) is 73.4 cm³/mol. The molecule has 2 aromatic carbocycles. The third-order valence-corrected chi connectivity index (χ3v) is 3.15. The molecule has 4 heteroatoms. The van der Waals surface area contributed by atoms with Gasteiger partial charge in [0.1, 0.15) is 17.3 Å². The minimum atomic E-state index is -0.280. The molecule has 2 rings (SSSR count). The van der Waals surface area contributed by atoms with Crippen molar-refractivity contribution in [2.75, 3.05) is 6.54 Å². The lowest BCUT2D eigenvalue weighted by Crippen LogP contribution is -2.04. The molecule has 0 unspecified atom stereocenters.